The maximum atomic E-state index is 5.97. The highest BCUT2D eigenvalue weighted by atomic mass is 14.5. The Bertz CT molecular complexity index is 1340. The number of hydrogen-bond acceptors (Lipinski definition) is 2. The summed E-state index contributed by atoms with van der Waals surface area (Å²) >= 11 is 0. The molecule has 1 aliphatic rings. The zero-order chi connectivity index (χ0) is 29.5. The van der Waals surface area contributed by atoms with Crippen LogP contribution >= 0.6 is 0 Å². The summed E-state index contributed by atoms with van der Waals surface area (Å²) < 4.78 is 0. The van der Waals surface area contributed by atoms with Gasteiger partial charge in [-0.1, -0.05) is 101 Å². The molecular formula is C40H50N2. The smallest absolute Gasteiger partial charge is 0.0314 e. The van der Waals surface area contributed by atoms with Crippen molar-refractivity contribution in [3.63, 3.8) is 0 Å². The first-order valence-electron chi connectivity index (χ1n) is 16.4. The van der Waals surface area contributed by atoms with Crippen molar-refractivity contribution in [2.24, 2.45) is 5.92 Å². The number of rotatable bonds is 11. The third-order valence-electron chi connectivity index (χ3n) is 9.84. The lowest BCUT2D eigenvalue weighted by molar-refractivity contribution is 0.260. The normalized spacial score (nSPS) is 15.1. The fourth-order valence-electron chi connectivity index (χ4n) is 7.23. The maximum absolute atomic E-state index is 5.97. The van der Waals surface area contributed by atoms with E-state index >= 15 is 0 Å². The first-order valence-corrected chi connectivity index (χ1v) is 16.4. The molecule has 220 valence electrons. The molecule has 4 N–H and O–H groups in total. The van der Waals surface area contributed by atoms with Crippen LogP contribution in [0, 0.1) is 5.92 Å². The Morgan fingerprint density at radius 2 is 1.00 bits per heavy atom. The Balaban J connectivity index is 1.54. The van der Waals surface area contributed by atoms with Crippen molar-refractivity contribution in [1.82, 2.24) is 0 Å². The van der Waals surface area contributed by atoms with E-state index in [0.29, 0.717) is 0 Å². The fraction of sp³-hybridized carbons (Fsp3) is 0.400. The molecule has 0 radical (unpaired) electrons. The van der Waals surface area contributed by atoms with Gasteiger partial charge in [-0.25, -0.2) is 0 Å². The molecule has 0 aromatic heterocycles. The van der Waals surface area contributed by atoms with Crippen LogP contribution in [0.4, 0.5) is 11.4 Å². The highest BCUT2D eigenvalue weighted by Crippen LogP contribution is 2.48. The molecule has 5 rings (SSSR count). The number of benzene rings is 4. The van der Waals surface area contributed by atoms with Gasteiger partial charge in [0, 0.05) is 16.8 Å². The van der Waals surface area contributed by atoms with Gasteiger partial charge in [0.05, 0.1) is 0 Å². The van der Waals surface area contributed by atoms with E-state index in [9.17, 15) is 0 Å². The van der Waals surface area contributed by atoms with Crippen LogP contribution in [0.1, 0.15) is 110 Å². The highest BCUT2D eigenvalue weighted by Gasteiger charge is 2.38. The predicted octanol–water partition coefficient (Wildman–Crippen LogP) is 9.82. The van der Waals surface area contributed by atoms with E-state index in [1.165, 1.54) is 76.6 Å². The van der Waals surface area contributed by atoms with Gasteiger partial charge in [0.25, 0.3) is 0 Å². The van der Waals surface area contributed by atoms with Gasteiger partial charge in [0.15, 0.2) is 0 Å². The number of nitrogen functional groups attached to an aromatic ring is 2. The van der Waals surface area contributed by atoms with E-state index in [4.69, 9.17) is 11.5 Å². The molecule has 4 aromatic carbocycles. The summed E-state index contributed by atoms with van der Waals surface area (Å²) in [5, 5.41) is 0. The molecule has 0 unspecified atom stereocenters. The molecule has 1 saturated carbocycles. The minimum atomic E-state index is 0.0795. The summed E-state index contributed by atoms with van der Waals surface area (Å²) in [5.74, 6) is 0.845. The summed E-state index contributed by atoms with van der Waals surface area (Å²) in [5.41, 5.74) is 25.3. The van der Waals surface area contributed by atoms with Crippen molar-refractivity contribution in [2.45, 2.75) is 96.8 Å². The zero-order valence-electron chi connectivity index (χ0n) is 26.1. The lowest BCUT2D eigenvalue weighted by atomic mass is 9.62. The van der Waals surface area contributed by atoms with Gasteiger partial charge < -0.3 is 11.5 Å². The monoisotopic (exact) mass is 558 g/mol. The van der Waals surface area contributed by atoms with E-state index < -0.39 is 0 Å². The number of aryl methyl sites for hydroxylation is 2. The summed E-state index contributed by atoms with van der Waals surface area (Å²) in [7, 11) is 0. The Kier molecular flexibility index (Phi) is 9.73. The third kappa shape index (κ3) is 6.75. The summed E-state index contributed by atoms with van der Waals surface area (Å²) in [4.78, 5) is 0. The summed E-state index contributed by atoms with van der Waals surface area (Å²) in [6.07, 6.45) is 12.8. The topological polar surface area (TPSA) is 52.0 Å². The van der Waals surface area contributed by atoms with Crippen LogP contribution in [0.25, 0.3) is 0 Å². The number of hydrogen-bond donors (Lipinski definition) is 2. The minimum absolute atomic E-state index is 0.0795. The molecule has 0 spiro atoms. The van der Waals surface area contributed by atoms with Crippen molar-refractivity contribution in [2.75, 3.05) is 11.5 Å². The summed E-state index contributed by atoms with van der Waals surface area (Å²) in [6, 6.07) is 31.8. The predicted molar refractivity (Wildman–Crippen MR) is 181 cm³/mol. The highest BCUT2D eigenvalue weighted by molar-refractivity contribution is 5.49. The zero-order valence-corrected chi connectivity index (χ0v) is 26.1. The lowest BCUT2D eigenvalue weighted by Crippen LogP contribution is -2.33. The first kappa shape index (κ1) is 30.0. The van der Waals surface area contributed by atoms with Gasteiger partial charge in [-0.15, -0.1) is 0 Å². The van der Waals surface area contributed by atoms with E-state index in [0.717, 1.165) is 55.8 Å². The molecule has 2 nitrogen and oxygen atoms in total. The molecular weight excluding hydrogens is 508 g/mol. The standard InChI is InChI=1S/C40H50N2/c1-4-7-32-27-36(15-13-34(32)25-30-9-17-38(41)18-10-30)40(23-21-29(6-3)22-24-40)37-16-14-35(33(28-37)8-5-2)26-31-11-19-39(42)20-12-31/h9-20,27-29H,4-8,21-26,41-42H2,1-3H3. The van der Waals surface area contributed by atoms with Crippen LogP contribution in [0.15, 0.2) is 84.9 Å². The molecule has 0 amide bonds. The molecule has 0 saturated heterocycles. The van der Waals surface area contributed by atoms with E-state index in [1.807, 2.05) is 24.3 Å². The molecule has 0 aliphatic heterocycles. The second kappa shape index (κ2) is 13.6. The van der Waals surface area contributed by atoms with Gasteiger partial charge in [-0.2, -0.15) is 0 Å². The third-order valence-corrected chi connectivity index (χ3v) is 9.84. The number of nitrogens with two attached hydrogens (primary N) is 2. The van der Waals surface area contributed by atoms with Crippen molar-refractivity contribution < 1.29 is 0 Å². The van der Waals surface area contributed by atoms with Crippen LogP contribution in [0.2, 0.25) is 0 Å². The molecule has 1 fully saturated rings. The van der Waals surface area contributed by atoms with E-state index in [2.05, 4.69) is 81.4 Å². The quantitative estimate of drug-likeness (QED) is 0.180. The van der Waals surface area contributed by atoms with Gasteiger partial charge >= 0.3 is 0 Å². The molecule has 0 atom stereocenters. The van der Waals surface area contributed by atoms with Crippen LogP contribution in [0.3, 0.4) is 0 Å². The summed E-state index contributed by atoms with van der Waals surface area (Å²) in [6.45, 7) is 6.98. The Hall–Kier alpha value is -3.52. The van der Waals surface area contributed by atoms with Crippen molar-refractivity contribution >= 4 is 11.4 Å². The van der Waals surface area contributed by atoms with Crippen molar-refractivity contribution in [1.29, 1.82) is 0 Å². The maximum Gasteiger partial charge on any atom is 0.0314 e. The minimum Gasteiger partial charge on any atom is -0.399 e. The average molecular weight is 559 g/mol. The largest absolute Gasteiger partial charge is 0.399 e. The number of anilines is 2. The molecule has 4 aromatic rings. The van der Waals surface area contributed by atoms with Crippen molar-refractivity contribution in [3.05, 3.63) is 129 Å². The Labute approximate surface area is 254 Å². The second-order valence-corrected chi connectivity index (χ2v) is 12.7. The van der Waals surface area contributed by atoms with Crippen LogP contribution in [-0.4, -0.2) is 0 Å². The van der Waals surface area contributed by atoms with Gasteiger partial charge in [0.1, 0.15) is 0 Å². The molecule has 0 heterocycles. The van der Waals surface area contributed by atoms with Crippen LogP contribution in [-0.2, 0) is 31.1 Å². The van der Waals surface area contributed by atoms with Crippen LogP contribution in [0.5, 0.6) is 0 Å². The van der Waals surface area contributed by atoms with Gasteiger partial charge in [-0.05, 0) is 126 Å². The fourth-order valence-corrected chi connectivity index (χ4v) is 7.23. The average Bonchev–Trinajstić information content (AvgIpc) is 3.01. The Morgan fingerprint density at radius 1 is 0.571 bits per heavy atom. The second-order valence-electron chi connectivity index (χ2n) is 12.7. The molecule has 42 heavy (non-hydrogen) atoms. The van der Waals surface area contributed by atoms with E-state index in [1.54, 1.807) is 0 Å². The molecule has 2 heteroatoms. The van der Waals surface area contributed by atoms with Crippen LogP contribution < -0.4 is 11.5 Å². The molecule has 0 bridgehead atoms. The first-order chi connectivity index (χ1) is 20.4. The lowest BCUT2D eigenvalue weighted by Gasteiger charge is -2.42. The van der Waals surface area contributed by atoms with E-state index in [-0.39, 0.29) is 5.41 Å². The van der Waals surface area contributed by atoms with Gasteiger partial charge in [0.2, 0.25) is 0 Å². The molecule has 1 aliphatic carbocycles. The Morgan fingerprint density at radius 3 is 1.38 bits per heavy atom. The SMILES string of the molecule is CCCc1cc(C2(c3ccc(Cc4ccc(N)cc4)c(CCC)c3)CCC(CC)CC2)ccc1Cc1ccc(N)cc1. The van der Waals surface area contributed by atoms with Gasteiger partial charge in [-0.3, -0.25) is 0 Å². The van der Waals surface area contributed by atoms with Crippen molar-refractivity contribution in [3.8, 4) is 0 Å².